The van der Waals surface area contributed by atoms with Gasteiger partial charge in [-0.2, -0.15) is 0 Å². The molecule has 0 atom stereocenters. The van der Waals surface area contributed by atoms with E-state index < -0.39 is 11.9 Å². The number of carbonyl (C=O) groups excluding carboxylic acids is 2. The monoisotopic (exact) mass is 296 g/mol. The summed E-state index contributed by atoms with van der Waals surface area (Å²) in [5.41, 5.74) is 1.76. The van der Waals surface area contributed by atoms with Crippen LogP contribution in [0.1, 0.15) is 20.8 Å². The van der Waals surface area contributed by atoms with Crippen molar-refractivity contribution >= 4 is 33.7 Å². The summed E-state index contributed by atoms with van der Waals surface area (Å²) in [6.45, 7) is 0. The molecule has 0 bridgehead atoms. The number of hydrogen-bond acceptors (Lipinski definition) is 6. The molecule has 0 aliphatic rings. The molecule has 0 saturated heterocycles. The van der Waals surface area contributed by atoms with E-state index in [9.17, 15) is 9.59 Å². The highest BCUT2D eigenvalue weighted by Gasteiger charge is 2.12. The fourth-order valence-electron chi connectivity index (χ4n) is 2.23. The number of nitrogens with zero attached hydrogens (tertiary/aromatic N) is 2. The van der Waals surface area contributed by atoms with E-state index in [1.54, 1.807) is 18.2 Å². The lowest BCUT2D eigenvalue weighted by atomic mass is 10.1. The van der Waals surface area contributed by atoms with Crippen molar-refractivity contribution in [1.29, 1.82) is 0 Å². The number of benzene rings is 1. The maximum atomic E-state index is 11.6. The number of pyridine rings is 2. The third-order valence-electron chi connectivity index (χ3n) is 3.33. The van der Waals surface area contributed by atoms with Gasteiger partial charge in [0.15, 0.2) is 0 Å². The molecule has 0 N–H and O–H groups in total. The molecule has 3 rings (SSSR count). The van der Waals surface area contributed by atoms with Gasteiger partial charge in [0.2, 0.25) is 0 Å². The fourth-order valence-corrected chi connectivity index (χ4v) is 2.23. The van der Waals surface area contributed by atoms with Gasteiger partial charge in [0.1, 0.15) is 5.69 Å². The first-order valence-electron chi connectivity index (χ1n) is 6.50. The summed E-state index contributed by atoms with van der Waals surface area (Å²) >= 11 is 0. The van der Waals surface area contributed by atoms with Gasteiger partial charge in [0, 0.05) is 17.0 Å². The Labute approximate surface area is 125 Å². The van der Waals surface area contributed by atoms with Gasteiger partial charge in [-0.05, 0) is 12.1 Å². The van der Waals surface area contributed by atoms with E-state index in [-0.39, 0.29) is 5.69 Å². The van der Waals surface area contributed by atoms with E-state index in [0.717, 1.165) is 10.8 Å². The van der Waals surface area contributed by atoms with E-state index in [2.05, 4.69) is 19.4 Å². The number of esters is 2. The van der Waals surface area contributed by atoms with Crippen LogP contribution >= 0.6 is 0 Å². The minimum Gasteiger partial charge on any atom is -0.465 e. The van der Waals surface area contributed by atoms with E-state index >= 15 is 0 Å². The number of hydrogen-bond donors (Lipinski definition) is 0. The van der Waals surface area contributed by atoms with Crippen LogP contribution in [0.15, 0.2) is 36.5 Å². The SMILES string of the molecule is COC(=O)c1cnc2c(ccc3ccc(C(=O)OC)nc32)c1. The smallest absolute Gasteiger partial charge is 0.356 e. The number of carbonyl (C=O) groups is 2. The topological polar surface area (TPSA) is 78.4 Å². The Bertz CT molecular complexity index is 905. The summed E-state index contributed by atoms with van der Waals surface area (Å²) in [6.07, 6.45) is 1.43. The second kappa shape index (κ2) is 5.40. The molecule has 1 aromatic carbocycles. The third kappa shape index (κ3) is 2.24. The number of fused-ring (bicyclic) bond motifs is 3. The molecule has 0 aliphatic carbocycles. The third-order valence-corrected chi connectivity index (χ3v) is 3.33. The van der Waals surface area contributed by atoms with Crippen LogP contribution in [0.4, 0.5) is 0 Å². The molecule has 6 heteroatoms. The number of rotatable bonds is 2. The van der Waals surface area contributed by atoms with Crippen molar-refractivity contribution in [2.24, 2.45) is 0 Å². The van der Waals surface area contributed by atoms with Crippen LogP contribution in [-0.4, -0.2) is 36.1 Å². The molecule has 3 aromatic rings. The van der Waals surface area contributed by atoms with Gasteiger partial charge >= 0.3 is 11.9 Å². The maximum absolute atomic E-state index is 11.6. The summed E-state index contributed by atoms with van der Waals surface area (Å²) in [6, 6.07) is 8.76. The van der Waals surface area contributed by atoms with Crippen molar-refractivity contribution in [1.82, 2.24) is 9.97 Å². The van der Waals surface area contributed by atoms with Gasteiger partial charge in [-0.25, -0.2) is 14.6 Å². The molecule has 0 aliphatic heterocycles. The summed E-state index contributed by atoms with van der Waals surface area (Å²) in [5, 5.41) is 1.59. The Kier molecular flexibility index (Phi) is 3.42. The highest BCUT2D eigenvalue weighted by atomic mass is 16.5. The first kappa shape index (κ1) is 13.9. The molecule has 0 spiro atoms. The standard InChI is InChI=1S/C16H12N2O4/c1-21-15(19)11-7-10-4-3-9-5-6-12(16(20)22-2)18-14(9)13(10)17-8-11/h3-8H,1-2H3. The van der Waals surface area contributed by atoms with Crippen LogP contribution in [0.2, 0.25) is 0 Å². The van der Waals surface area contributed by atoms with Crippen molar-refractivity contribution in [3.8, 4) is 0 Å². The van der Waals surface area contributed by atoms with Gasteiger partial charge in [0.25, 0.3) is 0 Å². The Hall–Kier alpha value is -3.02. The molecule has 110 valence electrons. The fraction of sp³-hybridized carbons (Fsp3) is 0.125. The van der Waals surface area contributed by atoms with E-state index in [4.69, 9.17) is 0 Å². The van der Waals surface area contributed by atoms with Crippen LogP contribution in [-0.2, 0) is 9.47 Å². The molecule has 0 fully saturated rings. The summed E-state index contributed by atoms with van der Waals surface area (Å²) in [5.74, 6) is -0.962. The van der Waals surface area contributed by atoms with E-state index in [0.29, 0.717) is 16.6 Å². The van der Waals surface area contributed by atoms with Crippen molar-refractivity contribution in [2.75, 3.05) is 14.2 Å². The van der Waals surface area contributed by atoms with Gasteiger partial charge in [-0.3, -0.25) is 4.98 Å². The summed E-state index contributed by atoms with van der Waals surface area (Å²) in [7, 11) is 2.62. The second-order valence-electron chi connectivity index (χ2n) is 4.61. The molecule has 2 heterocycles. The lowest BCUT2D eigenvalue weighted by Gasteiger charge is -2.06. The zero-order chi connectivity index (χ0) is 15.7. The highest BCUT2D eigenvalue weighted by Crippen LogP contribution is 2.23. The van der Waals surface area contributed by atoms with Crippen molar-refractivity contribution in [3.05, 3.63) is 47.8 Å². The second-order valence-corrected chi connectivity index (χ2v) is 4.61. The minimum absolute atomic E-state index is 0.210. The molecule has 0 saturated carbocycles. The van der Waals surface area contributed by atoms with E-state index in [1.165, 1.54) is 20.4 Å². The number of aromatic nitrogens is 2. The van der Waals surface area contributed by atoms with Crippen LogP contribution in [0.3, 0.4) is 0 Å². The molecule has 0 radical (unpaired) electrons. The molecule has 2 aromatic heterocycles. The zero-order valence-electron chi connectivity index (χ0n) is 12.0. The first-order valence-corrected chi connectivity index (χ1v) is 6.50. The molecule has 0 unspecified atom stereocenters. The average Bonchev–Trinajstić information content (AvgIpc) is 2.59. The van der Waals surface area contributed by atoms with Gasteiger partial charge in [-0.1, -0.05) is 18.2 Å². The molecule has 6 nitrogen and oxygen atoms in total. The first-order chi connectivity index (χ1) is 10.6. The molecule has 22 heavy (non-hydrogen) atoms. The quantitative estimate of drug-likeness (QED) is 0.533. The Morgan fingerprint density at radius 2 is 1.59 bits per heavy atom. The lowest BCUT2D eigenvalue weighted by molar-refractivity contribution is 0.0588. The molecule has 0 amide bonds. The highest BCUT2D eigenvalue weighted by molar-refractivity contribution is 6.05. The zero-order valence-corrected chi connectivity index (χ0v) is 12.0. The Balaban J connectivity index is 2.25. The predicted octanol–water partition coefficient (Wildman–Crippen LogP) is 2.36. The van der Waals surface area contributed by atoms with Crippen molar-refractivity contribution in [2.45, 2.75) is 0 Å². The van der Waals surface area contributed by atoms with Gasteiger partial charge in [0.05, 0.1) is 30.8 Å². The Morgan fingerprint density at radius 3 is 2.32 bits per heavy atom. The van der Waals surface area contributed by atoms with Crippen LogP contribution in [0.25, 0.3) is 21.8 Å². The summed E-state index contributed by atoms with van der Waals surface area (Å²) in [4.78, 5) is 31.8. The Morgan fingerprint density at radius 1 is 0.909 bits per heavy atom. The van der Waals surface area contributed by atoms with Crippen LogP contribution < -0.4 is 0 Å². The normalized spacial score (nSPS) is 10.6. The van der Waals surface area contributed by atoms with Crippen molar-refractivity contribution < 1.29 is 19.1 Å². The van der Waals surface area contributed by atoms with Gasteiger partial charge in [-0.15, -0.1) is 0 Å². The van der Waals surface area contributed by atoms with Crippen LogP contribution in [0, 0.1) is 0 Å². The van der Waals surface area contributed by atoms with Crippen molar-refractivity contribution in [3.63, 3.8) is 0 Å². The molecular formula is C16H12N2O4. The molecular weight excluding hydrogens is 284 g/mol. The predicted molar refractivity (Wildman–Crippen MR) is 79.7 cm³/mol. The maximum Gasteiger partial charge on any atom is 0.356 e. The largest absolute Gasteiger partial charge is 0.465 e. The van der Waals surface area contributed by atoms with E-state index in [1.807, 2.05) is 12.1 Å². The summed E-state index contributed by atoms with van der Waals surface area (Å²) < 4.78 is 9.36. The lowest BCUT2D eigenvalue weighted by Crippen LogP contribution is -2.04. The van der Waals surface area contributed by atoms with Gasteiger partial charge < -0.3 is 9.47 Å². The number of ether oxygens (including phenoxy) is 2. The van der Waals surface area contributed by atoms with Crippen LogP contribution in [0.5, 0.6) is 0 Å². The average molecular weight is 296 g/mol. The number of methoxy groups -OCH3 is 2. The minimum atomic E-state index is -0.509.